The highest BCUT2D eigenvalue weighted by Crippen LogP contribution is 2.39. The normalized spacial score (nSPS) is 29.1. The molecule has 5 rings (SSSR count). The predicted octanol–water partition coefficient (Wildman–Crippen LogP) is 1.77. The molecule has 1 saturated heterocycles. The number of nitrogens with zero attached hydrogens (tertiary/aromatic N) is 4. The van der Waals surface area contributed by atoms with Crippen molar-refractivity contribution in [3.8, 4) is 5.69 Å². The zero-order valence-electron chi connectivity index (χ0n) is 12.9. The third-order valence-corrected chi connectivity index (χ3v) is 5.46. The number of carbonyl (C=O) groups excluding carboxylic acids is 1. The van der Waals surface area contributed by atoms with E-state index < -0.39 is 0 Å². The Bertz CT molecular complexity index is 770. The molecule has 2 aliphatic heterocycles. The minimum Gasteiger partial charge on any atom is -0.317 e. The van der Waals surface area contributed by atoms with Crippen LogP contribution in [0.25, 0.3) is 5.69 Å². The molecule has 23 heavy (non-hydrogen) atoms. The molecule has 3 aliphatic rings. The molecule has 0 radical (unpaired) electrons. The van der Waals surface area contributed by atoms with Gasteiger partial charge in [0.05, 0.1) is 30.0 Å². The van der Waals surface area contributed by atoms with E-state index in [1.54, 1.807) is 6.20 Å². The molecule has 0 spiro atoms. The summed E-state index contributed by atoms with van der Waals surface area (Å²) in [6, 6.07) is 8.48. The van der Waals surface area contributed by atoms with Crippen molar-refractivity contribution >= 4 is 5.91 Å². The van der Waals surface area contributed by atoms with Gasteiger partial charge >= 0.3 is 0 Å². The van der Waals surface area contributed by atoms with Gasteiger partial charge in [-0.1, -0.05) is 36.3 Å². The number of aromatic nitrogens is 3. The third-order valence-electron chi connectivity index (χ3n) is 5.46. The number of rotatable bonds is 0. The molecule has 1 aromatic heterocycles. The van der Waals surface area contributed by atoms with Crippen molar-refractivity contribution in [1.29, 1.82) is 0 Å². The first kappa shape index (κ1) is 13.2. The number of hydrogen-bond donors (Lipinski definition) is 1. The van der Waals surface area contributed by atoms with Gasteiger partial charge in [-0.3, -0.25) is 10.1 Å². The van der Waals surface area contributed by atoms with Crippen molar-refractivity contribution < 1.29 is 4.79 Å². The molecule has 2 fully saturated rings. The highest BCUT2D eigenvalue weighted by atomic mass is 16.2. The molecule has 3 heterocycles. The van der Waals surface area contributed by atoms with E-state index in [9.17, 15) is 4.79 Å². The summed E-state index contributed by atoms with van der Waals surface area (Å²) in [4.78, 5) is 15.1. The second-order valence-electron chi connectivity index (χ2n) is 6.73. The number of fused-ring (bicyclic) bond motifs is 6. The summed E-state index contributed by atoms with van der Waals surface area (Å²) in [7, 11) is 0. The Hall–Kier alpha value is -2.21. The molecule has 6 nitrogen and oxygen atoms in total. The van der Waals surface area contributed by atoms with E-state index in [0.29, 0.717) is 12.6 Å². The standard InChI is InChI=1S/C17H19N5O/c23-17-12-5-1-3-7-14(12)19-16-13-6-2-4-8-15(13)22-11(9-18-20-22)10-21(16)17/h2,4,6,8-9,12,14,16,19H,1,3,5,7,10H2/t12-,14-,16-/m0/s1. The Morgan fingerprint density at radius 2 is 2.04 bits per heavy atom. The lowest BCUT2D eigenvalue weighted by Gasteiger charge is -2.46. The van der Waals surface area contributed by atoms with Crippen molar-refractivity contribution in [2.45, 2.75) is 44.4 Å². The quantitative estimate of drug-likeness (QED) is 0.805. The Balaban J connectivity index is 1.66. The van der Waals surface area contributed by atoms with Crippen molar-refractivity contribution in [2.24, 2.45) is 5.92 Å². The van der Waals surface area contributed by atoms with E-state index in [2.05, 4.69) is 27.8 Å². The maximum absolute atomic E-state index is 13.1. The maximum atomic E-state index is 13.1. The van der Waals surface area contributed by atoms with Crippen LogP contribution in [0.5, 0.6) is 0 Å². The van der Waals surface area contributed by atoms with Crippen molar-refractivity contribution in [2.75, 3.05) is 0 Å². The average Bonchev–Trinajstić information content (AvgIpc) is 3.01. The Morgan fingerprint density at radius 1 is 1.17 bits per heavy atom. The summed E-state index contributed by atoms with van der Waals surface area (Å²) in [6.45, 7) is 0.557. The van der Waals surface area contributed by atoms with Gasteiger partial charge in [-0.05, 0) is 18.9 Å². The summed E-state index contributed by atoms with van der Waals surface area (Å²) in [5.41, 5.74) is 3.08. The lowest BCUT2D eigenvalue weighted by atomic mass is 9.81. The van der Waals surface area contributed by atoms with Crippen LogP contribution in [0.4, 0.5) is 0 Å². The number of benzene rings is 1. The summed E-state index contributed by atoms with van der Waals surface area (Å²) in [5.74, 6) is 0.400. The summed E-state index contributed by atoms with van der Waals surface area (Å²) < 4.78 is 1.87. The van der Waals surface area contributed by atoms with Crippen LogP contribution in [0.1, 0.15) is 43.1 Å². The largest absolute Gasteiger partial charge is 0.317 e. The molecule has 1 aliphatic carbocycles. The van der Waals surface area contributed by atoms with Crippen LogP contribution in [-0.2, 0) is 11.3 Å². The lowest BCUT2D eigenvalue weighted by molar-refractivity contribution is -0.147. The smallest absolute Gasteiger partial charge is 0.229 e. The number of nitrogens with one attached hydrogen (secondary N) is 1. The van der Waals surface area contributed by atoms with Gasteiger partial charge in [-0.25, -0.2) is 4.68 Å². The first-order valence-electron chi connectivity index (χ1n) is 8.38. The molecule has 2 aromatic rings. The highest BCUT2D eigenvalue weighted by Gasteiger charge is 2.44. The predicted molar refractivity (Wildman–Crippen MR) is 83.5 cm³/mol. The second-order valence-corrected chi connectivity index (χ2v) is 6.73. The van der Waals surface area contributed by atoms with Gasteiger partial charge < -0.3 is 4.90 Å². The molecule has 1 aromatic carbocycles. The minimum absolute atomic E-state index is 0.0697. The number of para-hydroxylation sites is 1. The van der Waals surface area contributed by atoms with E-state index in [-0.39, 0.29) is 18.0 Å². The van der Waals surface area contributed by atoms with Gasteiger partial charge in [0.25, 0.3) is 0 Å². The SMILES string of the molecule is O=C1[C@H]2CCCC[C@@H]2N[C@@H]2c3ccccc3-n3nncc3CN12. The van der Waals surface area contributed by atoms with Gasteiger partial charge in [-0.15, -0.1) is 5.10 Å². The summed E-state index contributed by atoms with van der Waals surface area (Å²) in [6.07, 6.45) is 6.15. The van der Waals surface area contributed by atoms with Crippen LogP contribution < -0.4 is 5.32 Å². The van der Waals surface area contributed by atoms with E-state index in [0.717, 1.165) is 36.2 Å². The molecule has 3 atom stereocenters. The van der Waals surface area contributed by atoms with Gasteiger partial charge in [0.15, 0.2) is 0 Å². The molecule has 6 heteroatoms. The average molecular weight is 309 g/mol. The Labute approximate surface area is 134 Å². The fraction of sp³-hybridized carbons (Fsp3) is 0.471. The minimum atomic E-state index is -0.0697. The fourth-order valence-electron chi connectivity index (χ4n) is 4.34. The van der Waals surface area contributed by atoms with Crippen LogP contribution in [0.15, 0.2) is 30.5 Å². The lowest BCUT2D eigenvalue weighted by Crippen LogP contribution is -2.58. The molecule has 118 valence electrons. The molecule has 1 N–H and O–H groups in total. The zero-order chi connectivity index (χ0) is 15.4. The molecule has 1 amide bonds. The molecular weight excluding hydrogens is 290 g/mol. The summed E-state index contributed by atoms with van der Waals surface area (Å²) >= 11 is 0. The van der Waals surface area contributed by atoms with Crippen LogP contribution in [0.2, 0.25) is 0 Å². The maximum Gasteiger partial charge on any atom is 0.229 e. The third kappa shape index (κ3) is 1.88. The highest BCUT2D eigenvalue weighted by molar-refractivity contribution is 5.81. The fourth-order valence-corrected chi connectivity index (χ4v) is 4.34. The molecule has 1 saturated carbocycles. The second kappa shape index (κ2) is 4.89. The van der Waals surface area contributed by atoms with Crippen LogP contribution >= 0.6 is 0 Å². The van der Waals surface area contributed by atoms with E-state index in [1.807, 2.05) is 21.7 Å². The number of carbonyl (C=O) groups is 1. The van der Waals surface area contributed by atoms with E-state index >= 15 is 0 Å². The molecule has 0 unspecified atom stereocenters. The van der Waals surface area contributed by atoms with E-state index in [1.165, 1.54) is 6.42 Å². The molecule has 0 bridgehead atoms. The van der Waals surface area contributed by atoms with Crippen LogP contribution in [0.3, 0.4) is 0 Å². The van der Waals surface area contributed by atoms with Crippen LogP contribution in [-0.4, -0.2) is 31.8 Å². The van der Waals surface area contributed by atoms with Gasteiger partial charge in [0.1, 0.15) is 6.17 Å². The molecular formula is C17H19N5O. The topological polar surface area (TPSA) is 63.1 Å². The van der Waals surface area contributed by atoms with Crippen LogP contribution in [0, 0.1) is 5.92 Å². The zero-order valence-corrected chi connectivity index (χ0v) is 12.9. The first-order chi connectivity index (χ1) is 11.3. The first-order valence-corrected chi connectivity index (χ1v) is 8.38. The van der Waals surface area contributed by atoms with Gasteiger partial charge in [0.2, 0.25) is 5.91 Å². The van der Waals surface area contributed by atoms with E-state index in [4.69, 9.17) is 0 Å². The Kier molecular flexibility index (Phi) is 2.82. The number of amides is 1. The number of hydrogen-bond acceptors (Lipinski definition) is 4. The summed E-state index contributed by atoms with van der Waals surface area (Å²) in [5, 5.41) is 12.0. The monoisotopic (exact) mass is 309 g/mol. The Morgan fingerprint density at radius 3 is 3.00 bits per heavy atom. The van der Waals surface area contributed by atoms with Crippen molar-refractivity contribution in [3.05, 3.63) is 41.7 Å². The van der Waals surface area contributed by atoms with Gasteiger partial charge in [0, 0.05) is 11.6 Å². The van der Waals surface area contributed by atoms with Crippen molar-refractivity contribution in [3.63, 3.8) is 0 Å². The van der Waals surface area contributed by atoms with Gasteiger partial charge in [-0.2, -0.15) is 0 Å². The van der Waals surface area contributed by atoms with Crippen molar-refractivity contribution in [1.82, 2.24) is 25.2 Å².